The summed E-state index contributed by atoms with van der Waals surface area (Å²) in [5, 5.41) is 6.21. The number of carbonyl (C=O) groups is 2. The van der Waals surface area contributed by atoms with Crippen molar-refractivity contribution in [3.63, 3.8) is 0 Å². The fourth-order valence-corrected chi connectivity index (χ4v) is 2.13. The predicted molar refractivity (Wildman–Crippen MR) is 84.7 cm³/mol. The molecule has 2 rings (SSSR count). The van der Waals surface area contributed by atoms with Gasteiger partial charge in [-0.25, -0.2) is 4.79 Å². The summed E-state index contributed by atoms with van der Waals surface area (Å²) in [4.78, 5) is 23.7. The smallest absolute Gasteiger partial charge is 0.338 e. The first-order valence-corrected chi connectivity index (χ1v) is 7.14. The van der Waals surface area contributed by atoms with Crippen molar-refractivity contribution in [2.24, 2.45) is 0 Å². The number of benzene rings is 1. The molecule has 1 aromatic heterocycles. The van der Waals surface area contributed by atoms with Gasteiger partial charge in [-0.3, -0.25) is 10.1 Å². The maximum Gasteiger partial charge on any atom is 0.338 e. The van der Waals surface area contributed by atoms with Gasteiger partial charge in [0.1, 0.15) is 0 Å². The van der Waals surface area contributed by atoms with Crippen molar-refractivity contribution >= 4 is 29.4 Å². The number of hydrogen-bond acceptors (Lipinski definition) is 7. The number of anilines is 1. The summed E-state index contributed by atoms with van der Waals surface area (Å²) in [5.41, 5.74) is 0.739. The van der Waals surface area contributed by atoms with Gasteiger partial charge in [-0.1, -0.05) is 16.8 Å². The highest BCUT2D eigenvalue weighted by Gasteiger charge is 2.17. The number of ether oxygens (including phenoxy) is 3. The molecule has 0 aliphatic carbocycles. The number of nitrogens with one attached hydrogen (secondary N) is 1. The number of aryl methyl sites for hydroxylation is 1. The third kappa shape index (κ3) is 4.17. The molecule has 0 saturated heterocycles. The van der Waals surface area contributed by atoms with Crippen LogP contribution in [0.3, 0.4) is 0 Å². The summed E-state index contributed by atoms with van der Waals surface area (Å²) in [6.45, 7) is 1.21. The van der Waals surface area contributed by atoms with Gasteiger partial charge in [-0.05, 0) is 19.1 Å². The number of aromatic nitrogens is 1. The van der Waals surface area contributed by atoms with E-state index in [0.717, 1.165) is 0 Å². The Morgan fingerprint density at radius 3 is 2.58 bits per heavy atom. The normalized spacial score (nSPS) is 10.2. The topological polar surface area (TPSA) is 99.9 Å². The van der Waals surface area contributed by atoms with Crippen LogP contribution in [-0.4, -0.2) is 37.9 Å². The molecule has 0 radical (unpaired) electrons. The molecular formula is C15H15ClN2O6. The molecule has 0 aliphatic rings. The van der Waals surface area contributed by atoms with Crippen LogP contribution in [0.4, 0.5) is 5.88 Å². The largest absolute Gasteiger partial charge is 0.493 e. The molecule has 0 aliphatic heterocycles. The van der Waals surface area contributed by atoms with Gasteiger partial charge >= 0.3 is 5.97 Å². The summed E-state index contributed by atoms with van der Waals surface area (Å²) in [6.07, 6.45) is 0. The molecule has 1 N–H and O–H groups in total. The van der Waals surface area contributed by atoms with E-state index in [-0.39, 0.29) is 22.2 Å². The summed E-state index contributed by atoms with van der Waals surface area (Å²) >= 11 is 6.02. The number of halogens is 1. The average molecular weight is 355 g/mol. The quantitative estimate of drug-likeness (QED) is 0.795. The fraction of sp³-hybridized carbons (Fsp3) is 0.267. The molecule has 0 spiro atoms. The van der Waals surface area contributed by atoms with Gasteiger partial charge in [-0.15, -0.1) is 0 Å². The van der Waals surface area contributed by atoms with E-state index in [1.807, 2.05) is 0 Å². The highest BCUT2D eigenvalue weighted by Crippen LogP contribution is 2.36. The minimum absolute atomic E-state index is 0.126. The first-order chi connectivity index (χ1) is 11.4. The van der Waals surface area contributed by atoms with Crippen LogP contribution in [0.1, 0.15) is 16.1 Å². The molecule has 0 bridgehead atoms. The molecule has 2 aromatic rings. The van der Waals surface area contributed by atoms with Crippen LogP contribution in [0.15, 0.2) is 22.7 Å². The monoisotopic (exact) mass is 354 g/mol. The first kappa shape index (κ1) is 17.6. The number of amides is 1. The number of carbonyl (C=O) groups excluding carboxylic acids is 2. The van der Waals surface area contributed by atoms with Gasteiger partial charge < -0.3 is 18.7 Å². The predicted octanol–water partition coefficient (Wildman–Crippen LogP) is 2.45. The highest BCUT2D eigenvalue weighted by molar-refractivity contribution is 6.32. The van der Waals surface area contributed by atoms with Crippen LogP contribution in [0.2, 0.25) is 5.02 Å². The molecule has 1 aromatic carbocycles. The molecule has 9 heteroatoms. The number of esters is 1. The standard InChI is InChI=1S/C15H15ClN2O6/c1-8-4-13(24-18-8)17-12(19)7-23-15(20)9-5-10(16)14(22-3)11(6-9)21-2/h4-6H,7H2,1-3H3,(H,17,19). The zero-order valence-electron chi connectivity index (χ0n) is 13.2. The third-order valence-corrected chi connectivity index (χ3v) is 3.17. The van der Waals surface area contributed by atoms with Crippen LogP contribution in [0.25, 0.3) is 0 Å². The molecule has 0 fully saturated rings. The maximum atomic E-state index is 12.0. The van der Waals surface area contributed by atoms with E-state index in [1.54, 1.807) is 6.92 Å². The Morgan fingerprint density at radius 2 is 2.00 bits per heavy atom. The van der Waals surface area contributed by atoms with Crippen LogP contribution in [0.5, 0.6) is 11.5 Å². The van der Waals surface area contributed by atoms with Crippen molar-refractivity contribution in [3.05, 3.63) is 34.5 Å². The number of rotatable bonds is 6. The summed E-state index contributed by atoms with van der Waals surface area (Å²) < 4.78 is 19.9. The van der Waals surface area contributed by atoms with E-state index in [2.05, 4.69) is 10.5 Å². The van der Waals surface area contributed by atoms with Gasteiger partial charge in [0.15, 0.2) is 18.1 Å². The van der Waals surface area contributed by atoms with Crippen LogP contribution < -0.4 is 14.8 Å². The lowest BCUT2D eigenvalue weighted by Gasteiger charge is -2.11. The number of nitrogens with zero attached hydrogens (tertiary/aromatic N) is 1. The van der Waals surface area contributed by atoms with Crippen molar-refractivity contribution in [2.75, 3.05) is 26.1 Å². The minimum atomic E-state index is -0.734. The van der Waals surface area contributed by atoms with E-state index >= 15 is 0 Å². The fourth-order valence-electron chi connectivity index (χ4n) is 1.85. The second kappa shape index (κ2) is 7.69. The van der Waals surface area contributed by atoms with E-state index in [0.29, 0.717) is 11.4 Å². The number of hydrogen-bond donors (Lipinski definition) is 1. The maximum absolute atomic E-state index is 12.0. The zero-order chi connectivity index (χ0) is 17.7. The lowest BCUT2D eigenvalue weighted by atomic mass is 10.2. The minimum Gasteiger partial charge on any atom is -0.493 e. The molecule has 1 amide bonds. The van der Waals surface area contributed by atoms with E-state index in [1.165, 1.54) is 32.4 Å². The van der Waals surface area contributed by atoms with Crippen molar-refractivity contribution < 1.29 is 28.3 Å². The Balaban J connectivity index is 1.99. The zero-order valence-corrected chi connectivity index (χ0v) is 14.0. The van der Waals surface area contributed by atoms with Crippen LogP contribution in [0, 0.1) is 6.92 Å². The Kier molecular flexibility index (Phi) is 5.64. The number of methoxy groups -OCH3 is 2. The highest BCUT2D eigenvalue weighted by atomic mass is 35.5. The third-order valence-electron chi connectivity index (χ3n) is 2.89. The Hall–Kier alpha value is -2.74. The molecule has 0 atom stereocenters. The van der Waals surface area contributed by atoms with Crippen molar-refractivity contribution in [3.8, 4) is 11.5 Å². The molecule has 24 heavy (non-hydrogen) atoms. The summed E-state index contributed by atoms with van der Waals surface area (Å²) in [6, 6.07) is 4.31. The van der Waals surface area contributed by atoms with Gasteiger partial charge in [-0.2, -0.15) is 0 Å². The van der Waals surface area contributed by atoms with Gasteiger partial charge in [0.25, 0.3) is 5.91 Å². The molecule has 0 unspecified atom stereocenters. The lowest BCUT2D eigenvalue weighted by molar-refractivity contribution is -0.119. The second-order valence-electron chi connectivity index (χ2n) is 4.65. The lowest BCUT2D eigenvalue weighted by Crippen LogP contribution is -2.20. The van der Waals surface area contributed by atoms with Crippen LogP contribution in [-0.2, 0) is 9.53 Å². The van der Waals surface area contributed by atoms with Gasteiger partial charge in [0.05, 0.1) is 30.5 Å². The molecule has 0 saturated carbocycles. The van der Waals surface area contributed by atoms with Crippen molar-refractivity contribution in [1.82, 2.24) is 5.16 Å². The van der Waals surface area contributed by atoms with Crippen molar-refractivity contribution in [1.29, 1.82) is 0 Å². The van der Waals surface area contributed by atoms with Gasteiger partial charge in [0, 0.05) is 6.07 Å². The van der Waals surface area contributed by atoms with E-state index in [9.17, 15) is 9.59 Å². The first-order valence-electron chi connectivity index (χ1n) is 6.76. The van der Waals surface area contributed by atoms with Crippen LogP contribution >= 0.6 is 11.6 Å². The molecule has 8 nitrogen and oxygen atoms in total. The molecular weight excluding hydrogens is 340 g/mol. The Morgan fingerprint density at radius 1 is 1.25 bits per heavy atom. The second-order valence-corrected chi connectivity index (χ2v) is 5.06. The summed E-state index contributed by atoms with van der Waals surface area (Å²) in [5.74, 6) is -0.553. The Bertz CT molecular complexity index is 758. The van der Waals surface area contributed by atoms with E-state index < -0.39 is 18.5 Å². The Labute approximate surface area is 142 Å². The average Bonchev–Trinajstić information content (AvgIpc) is 2.96. The SMILES string of the molecule is COc1cc(C(=O)OCC(=O)Nc2cc(C)no2)cc(Cl)c1OC. The summed E-state index contributed by atoms with van der Waals surface area (Å²) in [7, 11) is 2.84. The molecule has 1 heterocycles. The van der Waals surface area contributed by atoms with E-state index in [4.69, 9.17) is 30.3 Å². The molecule has 128 valence electrons. The van der Waals surface area contributed by atoms with Crippen molar-refractivity contribution in [2.45, 2.75) is 6.92 Å². The van der Waals surface area contributed by atoms with Gasteiger partial charge in [0.2, 0.25) is 5.88 Å².